The highest BCUT2D eigenvalue weighted by atomic mass is 16.3. The molecule has 0 amide bonds. The van der Waals surface area contributed by atoms with Crippen molar-refractivity contribution in [2.24, 2.45) is 23.2 Å². The molecule has 0 heterocycles. The van der Waals surface area contributed by atoms with Crippen molar-refractivity contribution in [3.63, 3.8) is 0 Å². The molecule has 4 bridgehead atoms. The summed E-state index contributed by atoms with van der Waals surface area (Å²) in [5.74, 6) is 3.46. The average molecular weight is 282 g/mol. The van der Waals surface area contributed by atoms with Gasteiger partial charge in [-0.05, 0) is 91.6 Å². The minimum absolute atomic E-state index is 0.0516. The van der Waals surface area contributed by atoms with E-state index in [1.165, 1.54) is 56.1 Å². The summed E-state index contributed by atoms with van der Waals surface area (Å²) in [5, 5.41) is 11.1. The van der Waals surface area contributed by atoms with Gasteiger partial charge in [-0.15, -0.1) is 0 Å². The molecule has 6 rings (SSSR count). The Morgan fingerprint density at radius 2 is 1.62 bits per heavy atom. The molecular weight excluding hydrogens is 256 g/mol. The predicted octanol–water partition coefficient (Wildman–Crippen LogP) is 4.29. The van der Waals surface area contributed by atoms with Crippen molar-refractivity contribution in [1.82, 2.24) is 0 Å². The van der Waals surface area contributed by atoms with Gasteiger partial charge in [0.2, 0.25) is 0 Å². The maximum atomic E-state index is 11.1. The van der Waals surface area contributed by atoms with Gasteiger partial charge in [0.05, 0.1) is 6.10 Å². The highest BCUT2D eigenvalue weighted by Gasteiger charge is 2.54. The van der Waals surface area contributed by atoms with Crippen LogP contribution in [0.4, 0.5) is 0 Å². The Bertz CT molecular complexity index is 525. The van der Waals surface area contributed by atoms with Gasteiger partial charge in [-0.1, -0.05) is 24.3 Å². The van der Waals surface area contributed by atoms with Crippen molar-refractivity contribution in [2.45, 2.75) is 63.4 Å². The Labute approximate surface area is 127 Å². The summed E-state index contributed by atoms with van der Waals surface area (Å²) in [6.45, 7) is 0. The van der Waals surface area contributed by atoms with Crippen LogP contribution in [0.3, 0.4) is 0 Å². The van der Waals surface area contributed by atoms with Crippen molar-refractivity contribution in [2.75, 3.05) is 0 Å². The standard InChI is InChI=1S/C20H26O/c21-19(9-17-8-16-3-1-2-4-18(16)17)20-10-13-5-14(11-20)7-15(6-13)12-20/h1-4,13-15,17,19,21H,5-12H2. The van der Waals surface area contributed by atoms with E-state index in [1.54, 1.807) is 0 Å². The van der Waals surface area contributed by atoms with Crippen molar-refractivity contribution in [3.8, 4) is 0 Å². The molecule has 4 saturated carbocycles. The smallest absolute Gasteiger partial charge is 0.0602 e. The number of aliphatic hydroxyl groups is 1. The first-order valence-corrected chi connectivity index (χ1v) is 8.98. The summed E-state index contributed by atoms with van der Waals surface area (Å²) in [6.07, 6.45) is 10.6. The summed E-state index contributed by atoms with van der Waals surface area (Å²) in [6, 6.07) is 8.82. The van der Waals surface area contributed by atoms with E-state index < -0.39 is 0 Å². The Hall–Kier alpha value is -0.820. The third-order valence-corrected chi connectivity index (χ3v) is 7.26. The lowest BCUT2D eigenvalue weighted by molar-refractivity contribution is -0.124. The second-order valence-electron chi connectivity index (χ2n) is 8.63. The molecule has 4 fully saturated rings. The molecule has 112 valence electrons. The molecule has 21 heavy (non-hydrogen) atoms. The van der Waals surface area contributed by atoms with Crippen LogP contribution >= 0.6 is 0 Å². The maximum Gasteiger partial charge on any atom is 0.0602 e. The third kappa shape index (κ3) is 1.86. The molecule has 1 nitrogen and oxygen atoms in total. The van der Waals surface area contributed by atoms with E-state index in [0.717, 1.165) is 24.2 Å². The molecule has 2 unspecified atom stereocenters. The molecule has 1 N–H and O–H groups in total. The van der Waals surface area contributed by atoms with Crippen LogP contribution in [0.5, 0.6) is 0 Å². The lowest BCUT2D eigenvalue weighted by Crippen LogP contribution is -2.52. The van der Waals surface area contributed by atoms with Crippen molar-refractivity contribution in [3.05, 3.63) is 35.4 Å². The van der Waals surface area contributed by atoms with Gasteiger partial charge in [0.25, 0.3) is 0 Å². The van der Waals surface area contributed by atoms with E-state index in [2.05, 4.69) is 24.3 Å². The number of hydrogen-bond donors (Lipinski definition) is 1. The summed E-state index contributed by atoms with van der Waals surface area (Å²) in [5.41, 5.74) is 3.33. The van der Waals surface area contributed by atoms with Gasteiger partial charge in [-0.2, -0.15) is 0 Å². The molecule has 0 saturated heterocycles. The van der Waals surface area contributed by atoms with Crippen LogP contribution in [0.15, 0.2) is 24.3 Å². The van der Waals surface area contributed by atoms with Crippen LogP contribution in [0.25, 0.3) is 0 Å². The van der Waals surface area contributed by atoms with E-state index in [4.69, 9.17) is 0 Å². The Morgan fingerprint density at radius 3 is 2.24 bits per heavy atom. The Balaban J connectivity index is 1.35. The predicted molar refractivity (Wildman–Crippen MR) is 84.1 cm³/mol. The largest absolute Gasteiger partial charge is 0.393 e. The molecule has 0 spiro atoms. The minimum atomic E-state index is -0.0516. The van der Waals surface area contributed by atoms with E-state index in [-0.39, 0.29) is 6.10 Å². The average Bonchev–Trinajstić information content (AvgIpc) is 2.43. The van der Waals surface area contributed by atoms with E-state index in [0.29, 0.717) is 11.3 Å². The normalized spacial score (nSPS) is 44.2. The van der Waals surface area contributed by atoms with E-state index >= 15 is 0 Å². The topological polar surface area (TPSA) is 20.2 Å². The van der Waals surface area contributed by atoms with Crippen LogP contribution in [-0.2, 0) is 6.42 Å². The van der Waals surface area contributed by atoms with Crippen LogP contribution in [0.2, 0.25) is 0 Å². The number of benzene rings is 1. The summed E-state index contributed by atoms with van der Waals surface area (Å²) in [4.78, 5) is 0. The van der Waals surface area contributed by atoms with Gasteiger partial charge < -0.3 is 5.11 Å². The molecular formula is C20H26O. The molecule has 5 aliphatic rings. The van der Waals surface area contributed by atoms with Gasteiger partial charge in [-0.25, -0.2) is 0 Å². The lowest BCUT2D eigenvalue weighted by Gasteiger charge is -2.59. The van der Waals surface area contributed by atoms with Gasteiger partial charge in [0.1, 0.15) is 0 Å². The number of rotatable bonds is 3. The Kier molecular flexibility index (Phi) is 2.63. The van der Waals surface area contributed by atoms with Crippen LogP contribution < -0.4 is 0 Å². The van der Waals surface area contributed by atoms with Crippen molar-refractivity contribution in [1.29, 1.82) is 0 Å². The monoisotopic (exact) mass is 282 g/mol. The molecule has 2 atom stereocenters. The summed E-state index contributed by atoms with van der Waals surface area (Å²) in [7, 11) is 0. The molecule has 0 radical (unpaired) electrons. The van der Waals surface area contributed by atoms with Crippen molar-refractivity contribution < 1.29 is 5.11 Å². The zero-order valence-electron chi connectivity index (χ0n) is 12.8. The zero-order valence-corrected chi connectivity index (χ0v) is 12.8. The van der Waals surface area contributed by atoms with E-state index in [1.807, 2.05) is 0 Å². The SMILES string of the molecule is OC(CC1Cc2ccccc21)C12CC3CC(CC(C3)C1)C2. The van der Waals surface area contributed by atoms with Gasteiger partial charge >= 0.3 is 0 Å². The maximum absolute atomic E-state index is 11.1. The van der Waals surface area contributed by atoms with Gasteiger partial charge in [-0.3, -0.25) is 0 Å². The number of fused-ring (bicyclic) bond motifs is 1. The molecule has 1 aromatic rings. The molecule has 0 aliphatic heterocycles. The zero-order chi connectivity index (χ0) is 14.0. The van der Waals surface area contributed by atoms with Gasteiger partial charge in [0.15, 0.2) is 0 Å². The fraction of sp³-hybridized carbons (Fsp3) is 0.700. The molecule has 0 aromatic heterocycles. The summed E-state index contributed by atoms with van der Waals surface area (Å²) < 4.78 is 0. The van der Waals surface area contributed by atoms with Crippen molar-refractivity contribution >= 4 is 0 Å². The first-order valence-electron chi connectivity index (χ1n) is 8.98. The van der Waals surface area contributed by atoms with E-state index in [9.17, 15) is 5.11 Å². The highest BCUT2D eigenvalue weighted by Crippen LogP contribution is 2.62. The van der Waals surface area contributed by atoms with Crippen LogP contribution in [0, 0.1) is 23.2 Å². The molecule has 5 aliphatic carbocycles. The lowest BCUT2D eigenvalue weighted by atomic mass is 9.47. The first-order chi connectivity index (χ1) is 10.2. The minimum Gasteiger partial charge on any atom is -0.393 e. The summed E-state index contributed by atoms with van der Waals surface area (Å²) >= 11 is 0. The third-order valence-electron chi connectivity index (χ3n) is 7.26. The molecule has 1 aromatic carbocycles. The second-order valence-corrected chi connectivity index (χ2v) is 8.63. The fourth-order valence-corrected chi connectivity index (χ4v) is 6.68. The Morgan fingerprint density at radius 1 is 1.00 bits per heavy atom. The quantitative estimate of drug-likeness (QED) is 0.876. The fourth-order valence-electron chi connectivity index (χ4n) is 6.68. The highest BCUT2D eigenvalue weighted by molar-refractivity contribution is 5.40. The van der Waals surface area contributed by atoms with Crippen LogP contribution in [0.1, 0.15) is 62.0 Å². The van der Waals surface area contributed by atoms with Gasteiger partial charge in [0, 0.05) is 0 Å². The van der Waals surface area contributed by atoms with Crippen LogP contribution in [-0.4, -0.2) is 11.2 Å². The number of aliphatic hydroxyl groups excluding tert-OH is 1. The second kappa shape index (κ2) is 4.35. The molecule has 1 heteroatoms. The first kappa shape index (κ1) is 12.7. The number of hydrogen-bond acceptors (Lipinski definition) is 1.